The second-order valence-electron chi connectivity index (χ2n) is 4.67. The van der Waals surface area contributed by atoms with Crippen LogP contribution in [0.25, 0.3) is 0 Å². The third-order valence-corrected chi connectivity index (χ3v) is 2.67. The fraction of sp³-hybridized carbons (Fsp3) is 0.538. The van der Waals surface area contributed by atoms with Gasteiger partial charge in [-0.3, -0.25) is 0 Å². The van der Waals surface area contributed by atoms with Gasteiger partial charge in [-0.2, -0.15) is 0 Å². The molecule has 0 heterocycles. The minimum absolute atomic E-state index is 0.707. The van der Waals surface area contributed by atoms with E-state index in [-0.39, 0.29) is 0 Å². The Labute approximate surface area is 86.5 Å². The maximum absolute atomic E-state index is 3.43. The number of rotatable bonds is 4. The van der Waals surface area contributed by atoms with Gasteiger partial charge >= 0.3 is 0 Å². The first-order chi connectivity index (χ1) is 6.75. The van der Waals surface area contributed by atoms with Crippen LogP contribution in [-0.4, -0.2) is 6.54 Å². The summed E-state index contributed by atoms with van der Waals surface area (Å²) in [5.41, 5.74) is 2.77. The summed E-state index contributed by atoms with van der Waals surface area (Å²) in [4.78, 5) is 0. The average molecular weight is 189 g/mol. The lowest BCUT2D eigenvalue weighted by molar-refractivity contribution is 0.689. The van der Waals surface area contributed by atoms with Gasteiger partial charge in [0.25, 0.3) is 0 Å². The molecule has 1 heteroatoms. The number of benzene rings is 1. The second kappa shape index (κ2) is 4.04. The molecule has 0 aromatic heterocycles. The zero-order valence-corrected chi connectivity index (χ0v) is 9.09. The molecule has 2 rings (SSSR count). The topological polar surface area (TPSA) is 12.0 Å². The van der Waals surface area contributed by atoms with Gasteiger partial charge in [0.2, 0.25) is 0 Å². The van der Waals surface area contributed by atoms with Crippen molar-refractivity contribution in [2.24, 2.45) is 5.92 Å². The number of hydrogen-bond acceptors (Lipinski definition) is 1. The first-order valence-corrected chi connectivity index (χ1v) is 5.59. The van der Waals surface area contributed by atoms with Crippen LogP contribution in [0.2, 0.25) is 0 Å². The number of anilines is 1. The Morgan fingerprint density at radius 3 is 2.36 bits per heavy atom. The summed E-state index contributed by atoms with van der Waals surface area (Å²) in [6.45, 7) is 5.51. The van der Waals surface area contributed by atoms with Crippen molar-refractivity contribution in [1.29, 1.82) is 0 Å². The van der Waals surface area contributed by atoms with Crippen molar-refractivity contribution < 1.29 is 0 Å². The molecule has 0 bridgehead atoms. The van der Waals surface area contributed by atoms with E-state index in [0.29, 0.717) is 5.92 Å². The molecule has 1 aromatic rings. The Kier molecular flexibility index (Phi) is 2.76. The minimum atomic E-state index is 0.707. The zero-order chi connectivity index (χ0) is 9.97. The van der Waals surface area contributed by atoms with Crippen molar-refractivity contribution in [3.63, 3.8) is 0 Å². The summed E-state index contributed by atoms with van der Waals surface area (Å²) in [6, 6.07) is 8.94. The van der Waals surface area contributed by atoms with Crippen LogP contribution >= 0.6 is 0 Å². The quantitative estimate of drug-likeness (QED) is 0.762. The van der Waals surface area contributed by atoms with Gasteiger partial charge in [0.15, 0.2) is 0 Å². The van der Waals surface area contributed by atoms with Gasteiger partial charge < -0.3 is 5.32 Å². The van der Waals surface area contributed by atoms with E-state index in [0.717, 1.165) is 12.5 Å². The highest BCUT2D eigenvalue weighted by molar-refractivity contribution is 5.45. The van der Waals surface area contributed by atoms with Crippen LogP contribution < -0.4 is 5.32 Å². The first kappa shape index (κ1) is 9.57. The Hall–Kier alpha value is -0.980. The largest absolute Gasteiger partial charge is 0.385 e. The molecule has 1 nitrogen and oxygen atoms in total. The van der Waals surface area contributed by atoms with Crippen LogP contribution in [0.3, 0.4) is 0 Å². The highest BCUT2D eigenvalue weighted by Crippen LogP contribution is 2.40. The smallest absolute Gasteiger partial charge is 0.0340 e. The van der Waals surface area contributed by atoms with Gasteiger partial charge in [0, 0.05) is 12.2 Å². The van der Waals surface area contributed by atoms with Crippen LogP contribution in [-0.2, 0) is 0 Å². The van der Waals surface area contributed by atoms with E-state index < -0.39 is 0 Å². The summed E-state index contributed by atoms with van der Waals surface area (Å²) in [6.07, 6.45) is 2.78. The molecule has 1 aliphatic rings. The summed E-state index contributed by atoms with van der Waals surface area (Å²) >= 11 is 0. The monoisotopic (exact) mass is 189 g/mol. The van der Waals surface area contributed by atoms with Crippen LogP contribution in [0.5, 0.6) is 0 Å². The molecule has 0 saturated heterocycles. The van der Waals surface area contributed by atoms with Crippen LogP contribution in [0.4, 0.5) is 5.69 Å². The second-order valence-corrected chi connectivity index (χ2v) is 4.67. The first-order valence-electron chi connectivity index (χ1n) is 5.59. The summed E-state index contributed by atoms with van der Waals surface area (Å²) < 4.78 is 0. The molecular weight excluding hydrogens is 170 g/mol. The molecule has 14 heavy (non-hydrogen) atoms. The Morgan fingerprint density at radius 1 is 1.21 bits per heavy atom. The Morgan fingerprint density at radius 2 is 1.86 bits per heavy atom. The molecule has 0 radical (unpaired) electrons. The normalized spacial score (nSPS) is 15.9. The van der Waals surface area contributed by atoms with Gasteiger partial charge in [-0.25, -0.2) is 0 Å². The molecule has 0 spiro atoms. The maximum atomic E-state index is 3.43. The zero-order valence-electron chi connectivity index (χ0n) is 9.09. The molecule has 1 N–H and O–H groups in total. The molecule has 1 aliphatic carbocycles. The third kappa shape index (κ3) is 2.50. The third-order valence-electron chi connectivity index (χ3n) is 2.67. The fourth-order valence-electron chi connectivity index (χ4n) is 1.61. The van der Waals surface area contributed by atoms with Gasteiger partial charge in [-0.05, 0) is 42.4 Å². The van der Waals surface area contributed by atoms with Gasteiger partial charge in [-0.1, -0.05) is 26.0 Å². The standard InChI is InChI=1S/C13H19N/c1-10(2)9-14-13-7-5-12(6-8-13)11-3-4-11/h5-8,10-11,14H,3-4,9H2,1-2H3. The van der Waals surface area contributed by atoms with E-state index in [9.17, 15) is 0 Å². The molecule has 1 saturated carbocycles. The lowest BCUT2D eigenvalue weighted by Gasteiger charge is -2.09. The molecule has 0 unspecified atom stereocenters. The molecule has 0 amide bonds. The predicted octanol–water partition coefficient (Wildman–Crippen LogP) is 3.63. The molecule has 1 aromatic carbocycles. The highest BCUT2D eigenvalue weighted by Gasteiger charge is 2.22. The molecule has 0 atom stereocenters. The summed E-state index contributed by atoms with van der Waals surface area (Å²) in [5, 5.41) is 3.43. The van der Waals surface area contributed by atoms with Crippen LogP contribution in [0.1, 0.15) is 38.2 Å². The van der Waals surface area contributed by atoms with Crippen molar-refractivity contribution in [2.75, 3.05) is 11.9 Å². The van der Waals surface area contributed by atoms with E-state index in [1.807, 2.05) is 0 Å². The van der Waals surface area contributed by atoms with Crippen molar-refractivity contribution in [3.8, 4) is 0 Å². The molecule has 1 fully saturated rings. The lowest BCUT2D eigenvalue weighted by atomic mass is 10.1. The van der Waals surface area contributed by atoms with Gasteiger partial charge in [-0.15, -0.1) is 0 Å². The minimum Gasteiger partial charge on any atom is -0.385 e. The summed E-state index contributed by atoms with van der Waals surface area (Å²) in [7, 11) is 0. The van der Waals surface area contributed by atoms with Crippen molar-refractivity contribution in [2.45, 2.75) is 32.6 Å². The Bertz CT molecular complexity index is 283. The van der Waals surface area contributed by atoms with E-state index in [1.54, 1.807) is 0 Å². The van der Waals surface area contributed by atoms with Gasteiger partial charge in [0.05, 0.1) is 0 Å². The van der Waals surface area contributed by atoms with E-state index >= 15 is 0 Å². The van der Waals surface area contributed by atoms with Crippen molar-refractivity contribution >= 4 is 5.69 Å². The molecule has 0 aliphatic heterocycles. The predicted molar refractivity (Wildman–Crippen MR) is 61.7 cm³/mol. The fourth-order valence-corrected chi connectivity index (χ4v) is 1.61. The summed E-state index contributed by atoms with van der Waals surface area (Å²) in [5.74, 6) is 1.58. The SMILES string of the molecule is CC(C)CNc1ccc(C2CC2)cc1. The van der Waals surface area contributed by atoms with Crippen LogP contribution in [0.15, 0.2) is 24.3 Å². The average Bonchev–Trinajstić information content (AvgIpc) is 2.99. The number of nitrogens with one attached hydrogen (secondary N) is 1. The molecule has 76 valence electrons. The van der Waals surface area contributed by atoms with E-state index in [1.165, 1.54) is 24.1 Å². The highest BCUT2D eigenvalue weighted by atomic mass is 14.9. The molecular formula is C13H19N. The van der Waals surface area contributed by atoms with Crippen molar-refractivity contribution in [1.82, 2.24) is 0 Å². The van der Waals surface area contributed by atoms with Crippen molar-refractivity contribution in [3.05, 3.63) is 29.8 Å². The number of hydrogen-bond donors (Lipinski definition) is 1. The van der Waals surface area contributed by atoms with E-state index in [2.05, 4.69) is 43.4 Å². The van der Waals surface area contributed by atoms with E-state index in [4.69, 9.17) is 0 Å². The van der Waals surface area contributed by atoms with Gasteiger partial charge in [0.1, 0.15) is 0 Å². The van der Waals surface area contributed by atoms with Crippen LogP contribution in [0, 0.1) is 5.92 Å². The Balaban J connectivity index is 1.92. The maximum Gasteiger partial charge on any atom is 0.0340 e. The lowest BCUT2D eigenvalue weighted by Crippen LogP contribution is -2.07.